The first-order valence-corrected chi connectivity index (χ1v) is 23.2. The van der Waals surface area contributed by atoms with Crippen molar-refractivity contribution in [3.8, 4) is 0 Å². The van der Waals surface area contributed by atoms with Crippen LogP contribution in [-0.2, 0) is 4.28 Å². The Morgan fingerprint density at radius 3 is 1.28 bits per heavy atom. The van der Waals surface area contributed by atoms with E-state index in [9.17, 15) is 9.59 Å². The van der Waals surface area contributed by atoms with Crippen LogP contribution in [0.2, 0.25) is 78.6 Å². The molecule has 0 radical (unpaired) electrons. The number of rotatable bonds is 5. The lowest BCUT2D eigenvalue weighted by molar-refractivity contribution is 0.930. The van der Waals surface area contributed by atoms with Gasteiger partial charge < -0.3 is 4.98 Å². The first-order chi connectivity index (χ1) is 10.8. The fourth-order valence-corrected chi connectivity index (χ4v) is 37.8. The fraction of sp³-hybridized carbons (Fsp3) is 0.765. The Balaban J connectivity index is 4.35. The van der Waals surface area contributed by atoms with Crippen LogP contribution in [0.25, 0.3) is 0 Å². The van der Waals surface area contributed by atoms with E-state index in [1.54, 1.807) is 0 Å². The van der Waals surface area contributed by atoms with Crippen molar-refractivity contribution in [2.24, 2.45) is 0 Å². The van der Waals surface area contributed by atoms with E-state index in [1.807, 2.05) is 0 Å². The predicted octanol–water partition coefficient (Wildman–Crippen LogP) is 3.48. The van der Waals surface area contributed by atoms with Crippen molar-refractivity contribution >= 4 is 37.6 Å². The van der Waals surface area contributed by atoms with E-state index in [4.69, 9.17) is 0 Å². The molecule has 8 heteroatoms. The molecule has 0 unspecified atom stereocenters. The Morgan fingerprint density at radius 1 is 0.640 bits per heavy atom. The van der Waals surface area contributed by atoms with Gasteiger partial charge >= 0.3 is 5.69 Å². The summed E-state index contributed by atoms with van der Waals surface area (Å²) < 4.78 is -0.0274. The SMILES string of the molecule is C[Si](C)(C)c1[nH]c(=O)[nH]c(=O)c1C([Si](C)(C)C)([Si](C)(C)C)[Si](C)(C)C. The van der Waals surface area contributed by atoms with Crippen molar-refractivity contribution < 1.29 is 0 Å². The summed E-state index contributed by atoms with van der Waals surface area (Å²) >= 11 is 0. The van der Waals surface area contributed by atoms with Gasteiger partial charge in [-0.1, -0.05) is 78.6 Å². The van der Waals surface area contributed by atoms with Crippen LogP contribution in [0.4, 0.5) is 0 Å². The third-order valence-electron chi connectivity index (χ3n) is 5.44. The highest BCUT2D eigenvalue weighted by Gasteiger charge is 2.63. The summed E-state index contributed by atoms with van der Waals surface area (Å²) in [5.41, 5.74) is 0.471. The highest BCUT2D eigenvalue weighted by Crippen LogP contribution is 2.47. The lowest BCUT2D eigenvalue weighted by Crippen LogP contribution is -2.78. The Kier molecular flexibility index (Phi) is 5.70. The van der Waals surface area contributed by atoms with Crippen molar-refractivity contribution in [3.63, 3.8) is 0 Å². The second kappa shape index (κ2) is 6.31. The van der Waals surface area contributed by atoms with Gasteiger partial charge in [-0.3, -0.25) is 9.78 Å². The summed E-state index contributed by atoms with van der Waals surface area (Å²) in [6.07, 6.45) is 0. The highest BCUT2D eigenvalue weighted by molar-refractivity contribution is 7.15. The molecule has 0 aromatic carbocycles. The predicted molar refractivity (Wildman–Crippen MR) is 122 cm³/mol. The van der Waals surface area contributed by atoms with E-state index in [-0.39, 0.29) is 15.5 Å². The number of nitrogens with one attached hydrogen (secondary N) is 2. The molecule has 0 saturated heterocycles. The summed E-state index contributed by atoms with van der Waals surface area (Å²) in [6.45, 7) is 28.4. The number of hydrogen-bond donors (Lipinski definition) is 2. The lowest BCUT2D eigenvalue weighted by Gasteiger charge is -2.59. The van der Waals surface area contributed by atoms with Crippen LogP contribution in [0.15, 0.2) is 9.59 Å². The lowest BCUT2D eigenvalue weighted by atomic mass is 10.3. The molecule has 0 amide bonds. The van der Waals surface area contributed by atoms with Gasteiger partial charge in [0.25, 0.3) is 5.56 Å². The highest BCUT2D eigenvalue weighted by atomic mass is 28.5. The minimum atomic E-state index is -1.90. The molecule has 0 spiro atoms. The van der Waals surface area contributed by atoms with Crippen LogP contribution >= 0.6 is 0 Å². The van der Waals surface area contributed by atoms with E-state index in [1.165, 1.54) is 0 Å². The normalized spacial score (nSPS) is 14.7. The van der Waals surface area contributed by atoms with Gasteiger partial charge in [0, 0.05) is 10.9 Å². The van der Waals surface area contributed by atoms with E-state index < -0.39 is 32.3 Å². The molecule has 0 saturated carbocycles. The first-order valence-electron chi connectivity index (χ1n) is 9.16. The molecule has 0 atom stereocenters. The van der Waals surface area contributed by atoms with Crippen molar-refractivity contribution in [3.05, 3.63) is 26.4 Å². The Bertz CT molecular complexity index is 718. The van der Waals surface area contributed by atoms with Gasteiger partial charge in [-0.2, -0.15) is 0 Å². The standard InChI is InChI=1S/C17H38N2O2Si4/c1-22(2,3)15-13(14(20)18-16(21)19-15)17(23(4,5)6,24(7,8)9)25(10,11)12/h1-12H3,(H2,18,19,20,21). The molecular formula is C17H38N2O2Si4. The third kappa shape index (κ3) is 3.67. The average Bonchev–Trinajstić information content (AvgIpc) is 2.24. The van der Waals surface area contributed by atoms with Crippen LogP contribution in [0.1, 0.15) is 5.56 Å². The second-order valence-corrected chi connectivity index (χ2v) is 33.7. The van der Waals surface area contributed by atoms with Gasteiger partial charge in [-0.05, 0) is 4.28 Å². The quantitative estimate of drug-likeness (QED) is 0.724. The topological polar surface area (TPSA) is 65.7 Å². The molecule has 4 nitrogen and oxygen atoms in total. The molecule has 25 heavy (non-hydrogen) atoms. The van der Waals surface area contributed by atoms with Crippen molar-refractivity contribution in [2.75, 3.05) is 0 Å². The summed E-state index contributed by atoms with van der Waals surface area (Å²) in [7, 11) is -7.31. The third-order valence-corrected chi connectivity index (χ3v) is 28.3. The van der Waals surface area contributed by atoms with Gasteiger partial charge in [0.2, 0.25) is 0 Å². The number of aromatic nitrogens is 2. The summed E-state index contributed by atoms with van der Waals surface area (Å²) in [5, 5.41) is 0.980. The largest absolute Gasteiger partial charge is 0.325 e. The molecule has 1 aromatic rings. The molecule has 144 valence electrons. The smallest absolute Gasteiger partial charge is 0.315 e. The zero-order valence-electron chi connectivity index (χ0n) is 18.3. The maximum absolute atomic E-state index is 13.3. The molecule has 1 heterocycles. The van der Waals surface area contributed by atoms with E-state index in [0.29, 0.717) is 0 Å². The van der Waals surface area contributed by atoms with Crippen molar-refractivity contribution in [1.29, 1.82) is 0 Å². The molecule has 2 N–H and O–H groups in total. The molecule has 0 bridgehead atoms. The molecule has 0 fully saturated rings. The first kappa shape index (κ1) is 22.6. The Labute approximate surface area is 156 Å². The van der Waals surface area contributed by atoms with Crippen LogP contribution in [0, 0.1) is 0 Å². The summed E-state index contributed by atoms with van der Waals surface area (Å²) in [4.78, 5) is 31.1. The van der Waals surface area contributed by atoms with Gasteiger partial charge in [0.15, 0.2) is 0 Å². The minimum Gasteiger partial charge on any atom is -0.315 e. The van der Waals surface area contributed by atoms with Crippen LogP contribution in [-0.4, -0.2) is 42.3 Å². The zero-order valence-corrected chi connectivity index (χ0v) is 22.3. The van der Waals surface area contributed by atoms with Crippen LogP contribution < -0.4 is 16.6 Å². The average molecular weight is 415 g/mol. The molecule has 0 aliphatic rings. The molecule has 0 aliphatic carbocycles. The summed E-state index contributed by atoms with van der Waals surface area (Å²) in [6, 6.07) is 0. The molecule has 1 aromatic heterocycles. The van der Waals surface area contributed by atoms with Crippen molar-refractivity contribution in [1.82, 2.24) is 9.97 Å². The van der Waals surface area contributed by atoms with Crippen LogP contribution in [0.3, 0.4) is 0 Å². The second-order valence-electron chi connectivity index (χ2n) is 11.4. The van der Waals surface area contributed by atoms with Crippen LogP contribution in [0.5, 0.6) is 0 Å². The maximum atomic E-state index is 13.3. The van der Waals surface area contributed by atoms with Gasteiger partial charge in [0.1, 0.15) is 0 Å². The Morgan fingerprint density at radius 2 is 1.00 bits per heavy atom. The molecule has 0 aliphatic heterocycles. The van der Waals surface area contributed by atoms with E-state index in [2.05, 4.69) is 88.5 Å². The van der Waals surface area contributed by atoms with Crippen molar-refractivity contribution in [2.45, 2.75) is 82.8 Å². The van der Waals surface area contributed by atoms with E-state index >= 15 is 0 Å². The Hall–Kier alpha value is -0.452. The van der Waals surface area contributed by atoms with E-state index in [0.717, 1.165) is 10.9 Å². The van der Waals surface area contributed by atoms with Gasteiger partial charge in [0.05, 0.1) is 32.3 Å². The maximum Gasteiger partial charge on any atom is 0.325 e. The number of hydrogen-bond acceptors (Lipinski definition) is 2. The molecular weight excluding hydrogens is 377 g/mol. The fourth-order valence-electron chi connectivity index (χ4n) is 5.91. The zero-order chi connectivity index (χ0) is 20.2. The number of aromatic amines is 2. The van der Waals surface area contributed by atoms with Gasteiger partial charge in [-0.15, -0.1) is 0 Å². The summed E-state index contributed by atoms with van der Waals surface area (Å²) in [5.74, 6) is 0. The monoisotopic (exact) mass is 414 g/mol. The molecule has 1 rings (SSSR count). The number of H-pyrrole nitrogens is 2. The van der Waals surface area contributed by atoms with Gasteiger partial charge in [-0.25, -0.2) is 4.79 Å². The minimum absolute atomic E-state index is 0.0274.